The minimum Gasteiger partial charge on any atom is -0.480 e. The SMILES string of the molecule is CCC(SC1CCOC2(CCOC2)C1)C(=O)O. The summed E-state index contributed by atoms with van der Waals surface area (Å²) in [5.41, 5.74) is -0.118. The number of carboxylic acid groups (broad SMARTS) is 1. The van der Waals surface area contributed by atoms with Gasteiger partial charge in [0.25, 0.3) is 0 Å². The second kappa shape index (κ2) is 5.59. The van der Waals surface area contributed by atoms with Gasteiger partial charge in [-0.05, 0) is 19.3 Å². The normalized spacial score (nSPS) is 35.0. The van der Waals surface area contributed by atoms with Crippen LogP contribution in [0.15, 0.2) is 0 Å². The highest BCUT2D eigenvalue weighted by atomic mass is 32.2. The van der Waals surface area contributed by atoms with E-state index in [0.29, 0.717) is 18.3 Å². The Balaban J connectivity index is 1.90. The van der Waals surface area contributed by atoms with Crippen LogP contribution >= 0.6 is 11.8 Å². The van der Waals surface area contributed by atoms with Gasteiger partial charge in [-0.2, -0.15) is 0 Å². The predicted molar refractivity (Wildman–Crippen MR) is 66.4 cm³/mol. The minimum atomic E-state index is -0.694. The van der Waals surface area contributed by atoms with Crippen LogP contribution in [0.1, 0.15) is 32.6 Å². The van der Waals surface area contributed by atoms with Crippen molar-refractivity contribution in [2.75, 3.05) is 19.8 Å². The molecular weight excluding hydrogens is 240 g/mol. The Kier molecular flexibility index (Phi) is 4.33. The van der Waals surface area contributed by atoms with E-state index in [1.54, 1.807) is 11.8 Å². The van der Waals surface area contributed by atoms with Gasteiger partial charge in [0.05, 0.1) is 12.2 Å². The molecule has 2 rings (SSSR count). The summed E-state index contributed by atoms with van der Waals surface area (Å²) in [6, 6.07) is 0. The quantitative estimate of drug-likeness (QED) is 0.837. The molecule has 2 saturated heterocycles. The lowest BCUT2D eigenvalue weighted by atomic mass is 9.93. The number of hydrogen-bond donors (Lipinski definition) is 1. The number of thioether (sulfide) groups is 1. The van der Waals surface area contributed by atoms with Gasteiger partial charge >= 0.3 is 5.97 Å². The molecule has 1 N–H and O–H groups in total. The second-order valence-corrected chi connectivity index (χ2v) is 6.33. The fourth-order valence-corrected chi connectivity index (χ4v) is 3.93. The molecule has 2 fully saturated rings. The summed E-state index contributed by atoms with van der Waals surface area (Å²) < 4.78 is 11.3. The van der Waals surface area contributed by atoms with Crippen LogP contribution in [-0.4, -0.2) is 47.0 Å². The van der Waals surface area contributed by atoms with E-state index in [4.69, 9.17) is 14.6 Å². The molecule has 0 amide bonds. The van der Waals surface area contributed by atoms with Gasteiger partial charge in [0.15, 0.2) is 0 Å². The monoisotopic (exact) mass is 260 g/mol. The van der Waals surface area contributed by atoms with Crippen molar-refractivity contribution in [1.29, 1.82) is 0 Å². The molecule has 3 atom stereocenters. The summed E-state index contributed by atoms with van der Waals surface area (Å²) in [6.45, 7) is 4.11. The van der Waals surface area contributed by atoms with E-state index in [-0.39, 0.29) is 10.9 Å². The van der Waals surface area contributed by atoms with Crippen molar-refractivity contribution < 1.29 is 19.4 Å². The van der Waals surface area contributed by atoms with Crippen LogP contribution in [0.25, 0.3) is 0 Å². The smallest absolute Gasteiger partial charge is 0.316 e. The number of carboxylic acids is 1. The summed E-state index contributed by atoms with van der Waals surface area (Å²) in [5.74, 6) is -0.694. The molecule has 98 valence electrons. The molecule has 17 heavy (non-hydrogen) atoms. The van der Waals surface area contributed by atoms with Crippen molar-refractivity contribution in [1.82, 2.24) is 0 Å². The molecule has 0 saturated carbocycles. The number of rotatable bonds is 4. The average Bonchev–Trinajstić information content (AvgIpc) is 2.74. The van der Waals surface area contributed by atoms with E-state index in [2.05, 4.69) is 0 Å². The molecule has 1 spiro atoms. The summed E-state index contributed by atoms with van der Waals surface area (Å²) >= 11 is 1.60. The van der Waals surface area contributed by atoms with E-state index in [9.17, 15) is 4.79 Å². The Hall–Kier alpha value is -0.260. The maximum atomic E-state index is 11.0. The largest absolute Gasteiger partial charge is 0.480 e. The molecule has 4 nitrogen and oxygen atoms in total. The first-order chi connectivity index (χ1) is 8.15. The molecule has 0 aromatic heterocycles. The van der Waals surface area contributed by atoms with Gasteiger partial charge in [-0.25, -0.2) is 0 Å². The van der Waals surface area contributed by atoms with Crippen LogP contribution in [0.4, 0.5) is 0 Å². The van der Waals surface area contributed by atoms with Crippen LogP contribution in [0.5, 0.6) is 0 Å². The Bertz CT molecular complexity index is 276. The molecule has 3 unspecified atom stereocenters. The van der Waals surface area contributed by atoms with Crippen LogP contribution in [-0.2, 0) is 14.3 Å². The standard InChI is InChI=1S/C12H20O4S/c1-2-10(11(13)14)17-9-3-5-16-12(7-9)4-6-15-8-12/h9-10H,2-8H2,1H3,(H,13,14). The van der Waals surface area contributed by atoms with Crippen molar-refractivity contribution >= 4 is 17.7 Å². The van der Waals surface area contributed by atoms with E-state index >= 15 is 0 Å². The molecule has 5 heteroatoms. The molecule has 2 aliphatic heterocycles. The van der Waals surface area contributed by atoms with Gasteiger partial charge in [0, 0.05) is 24.9 Å². The van der Waals surface area contributed by atoms with E-state index in [0.717, 1.165) is 32.5 Å². The van der Waals surface area contributed by atoms with Gasteiger partial charge in [-0.3, -0.25) is 4.79 Å². The van der Waals surface area contributed by atoms with E-state index in [1.165, 1.54) is 0 Å². The van der Waals surface area contributed by atoms with Crippen molar-refractivity contribution in [3.8, 4) is 0 Å². The third-order valence-corrected chi connectivity index (χ3v) is 5.17. The summed E-state index contributed by atoms with van der Waals surface area (Å²) in [5, 5.41) is 9.20. The number of aliphatic carboxylic acids is 1. The van der Waals surface area contributed by atoms with Crippen molar-refractivity contribution in [3.05, 3.63) is 0 Å². The lowest BCUT2D eigenvalue weighted by Gasteiger charge is -2.37. The van der Waals surface area contributed by atoms with Crippen molar-refractivity contribution in [2.45, 2.75) is 48.7 Å². The third-order valence-electron chi connectivity index (χ3n) is 3.52. The molecule has 0 bridgehead atoms. The van der Waals surface area contributed by atoms with Gasteiger partial charge in [-0.15, -0.1) is 11.8 Å². The minimum absolute atomic E-state index is 0.118. The molecule has 2 aliphatic rings. The van der Waals surface area contributed by atoms with E-state index < -0.39 is 5.97 Å². The Morgan fingerprint density at radius 2 is 2.41 bits per heavy atom. The highest BCUT2D eigenvalue weighted by Crippen LogP contribution is 2.39. The molecule has 0 radical (unpaired) electrons. The molecule has 2 heterocycles. The zero-order chi connectivity index (χ0) is 12.3. The van der Waals surface area contributed by atoms with Gasteiger partial charge in [0.1, 0.15) is 5.25 Å². The summed E-state index contributed by atoms with van der Waals surface area (Å²) in [7, 11) is 0. The van der Waals surface area contributed by atoms with Gasteiger partial charge in [-0.1, -0.05) is 6.92 Å². The zero-order valence-corrected chi connectivity index (χ0v) is 11.0. The summed E-state index contributed by atoms with van der Waals surface area (Å²) in [4.78, 5) is 11.0. The zero-order valence-electron chi connectivity index (χ0n) is 10.2. The first-order valence-electron chi connectivity index (χ1n) is 6.25. The maximum Gasteiger partial charge on any atom is 0.316 e. The first kappa shape index (κ1) is 13.2. The highest BCUT2D eigenvalue weighted by molar-refractivity contribution is 8.01. The van der Waals surface area contributed by atoms with E-state index in [1.807, 2.05) is 6.92 Å². The topological polar surface area (TPSA) is 55.8 Å². The molecular formula is C12H20O4S. The van der Waals surface area contributed by atoms with Crippen molar-refractivity contribution in [3.63, 3.8) is 0 Å². The van der Waals surface area contributed by atoms with Crippen molar-refractivity contribution in [2.24, 2.45) is 0 Å². The number of ether oxygens (including phenoxy) is 2. The van der Waals surface area contributed by atoms with Crippen LogP contribution in [0.3, 0.4) is 0 Å². The lowest BCUT2D eigenvalue weighted by molar-refractivity contribution is -0.136. The van der Waals surface area contributed by atoms with Crippen LogP contribution in [0.2, 0.25) is 0 Å². The molecule has 0 aromatic carbocycles. The van der Waals surface area contributed by atoms with Crippen LogP contribution < -0.4 is 0 Å². The van der Waals surface area contributed by atoms with Gasteiger partial charge < -0.3 is 14.6 Å². The number of carbonyl (C=O) groups is 1. The lowest BCUT2D eigenvalue weighted by Crippen LogP contribution is -2.42. The third kappa shape index (κ3) is 3.14. The molecule has 0 aliphatic carbocycles. The molecule has 0 aromatic rings. The Labute approximate surface area is 106 Å². The van der Waals surface area contributed by atoms with Gasteiger partial charge in [0.2, 0.25) is 0 Å². The Morgan fingerprint density at radius 3 is 3.00 bits per heavy atom. The average molecular weight is 260 g/mol. The first-order valence-corrected chi connectivity index (χ1v) is 7.19. The predicted octanol–water partition coefficient (Wildman–Crippen LogP) is 1.92. The fourth-order valence-electron chi connectivity index (χ4n) is 2.52. The second-order valence-electron chi connectivity index (χ2n) is 4.82. The fraction of sp³-hybridized carbons (Fsp3) is 0.917. The summed E-state index contributed by atoms with van der Waals surface area (Å²) in [6.07, 6.45) is 3.52. The Morgan fingerprint density at radius 1 is 1.59 bits per heavy atom. The van der Waals surface area contributed by atoms with Crippen LogP contribution in [0, 0.1) is 0 Å². The number of hydrogen-bond acceptors (Lipinski definition) is 4. The maximum absolute atomic E-state index is 11.0. The highest BCUT2D eigenvalue weighted by Gasteiger charge is 2.41.